The molecule has 7 heteroatoms. The molecule has 0 unspecified atom stereocenters. The van der Waals surface area contributed by atoms with E-state index in [9.17, 15) is 20.1 Å². The molecule has 0 radical (unpaired) electrons. The van der Waals surface area contributed by atoms with Crippen LogP contribution in [0.15, 0.2) is 72.8 Å². The van der Waals surface area contributed by atoms with Crippen LogP contribution in [0.25, 0.3) is 17.2 Å². The van der Waals surface area contributed by atoms with E-state index in [1.807, 2.05) is 24.3 Å². The molecule has 0 aliphatic carbocycles. The first-order valence-electron chi connectivity index (χ1n) is 14.5. The average molecular weight is 562 g/mol. The molecule has 0 heterocycles. The number of hydrogen-bond donors (Lipinski definition) is 5. The highest BCUT2D eigenvalue weighted by Crippen LogP contribution is 2.24. The molecule has 3 aromatic carbocycles. The fourth-order valence-electron chi connectivity index (χ4n) is 4.63. The van der Waals surface area contributed by atoms with Gasteiger partial charge in [-0.15, -0.1) is 0 Å². The predicted molar refractivity (Wildman–Crippen MR) is 163 cm³/mol. The summed E-state index contributed by atoms with van der Waals surface area (Å²) in [5.74, 6) is -0.914. The van der Waals surface area contributed by atoms with Crippen molar-refractivity contribution in [2.75, 3.05) is 26.3 Å². The minimum absolute atomic E-state index is 0.0383. The summed E-state index contributed by atoms with van der Waals surface area (Å²) in [4.78, 5) is 10.8. The van der Waals surface area contributed by atoms with Gasteiger partial charge in [0.2, 0.25) is 0 Å². The van der Waals surface area contributed by atoms with Gasteiger partial charge in [-0.1, -0.05) is 61.4 Å². The van der Waals surface area contributed by atoms with E-state index in [0.29, 0.717) is 17.7 Å². The van der Waals surface area contributed by atoms with Crippen LogP contribution in [-0.2, 0) is 22.6 Å². The van der Waals surface area contributed by atoms with Gasteiger partial charge in [-0.25, -0.2) is 4.79 Å². The van der Waals surface area contributed by atoms with Crippen LogP contribution in [0.4, 0.5) is 0 Å². The lowest BCUT2D eigenvalue weighted by Gasteiger charge is -2.14. The molecule has 0 aliphatic heterocycles. The van der Waals surface area contributed by atoms with E-state index in [0.717, 1.165) is 87.5 Å². The molecule has 0 saturated heterocycles. The third-order valence-electron chi connectivity index (χ3n) is 6.96. The van der Waals surface area contributed by atoms with E-state index >= 15 is 0 Å². The topological polar surface area (TPSA) is 119 Å². The number of carboxylic acids is 1. The molecule has 7 nitrogen and oxygen atoms in total. The lowest BCUT2D eigenvalue weighted by atomic mass is 9.99. The van der Waals surface area contributed by atoms with E-state index < -0.39 is 12.1 Å². The van der Waals surface area contributed by atoms with Crippen molar-refractivity contribution in [1.29, 1.82) is 0 Å². The van der Waals surface area contributed by atoms with Crippen LogP contribution >= 0.6 is 0 Å². The second kappa shape index (κ2) is 18.0. The standard InChI is InChI=1S/C34H43NO6/c36-25-31-23-30(15-16-32(31)37)33(38)24-35-18-4-1-2-5-19-41-20-6-3-9-26-10-7-12-28(21-26)29-13-8-11-27(22-29)14-17-34(39)40/h7-8,10-17,21-23,33,35-38H,1-6,9,18-20,24-25H2,(H,39,40)/b17-14+/t33-/m0/s1. The summed E-state index contributed by atoms with van der Waals surface area (Å²) in [6.07, 6.45) is 9.46. The number of aryl methyl sites for hydroxylation is 1. The molecule has 0 bridgehead atoms. The summed E-state index contributed by atoms with van der Waals surface area (Å²) in [5.41, 5.74) is 5.45. The van der Waals surface area contributed by atoms with Gasteiger partial charge in [0.25, 0.3) is 0 Å². The Balaban J connectivity index is 1.21. The molecule has 0 saturated carbocycles. The molecule has 0 aliphatic rings. The van der Waals surface area contributed by atoms with E-state index in [1.54, 1.807) is 18.2 Å². The highest BCUT2D eigenvalue weighted by Gasteiger charge is 2.10. The lowest BCUT2D eigenvalue weighted by Crippen LogP contribution is -2.22. The highest BCUT2D eigenvalue weighted by atomic mass is 16.5. The maximum absolute atomic E-state index is 10.8. The van der Waals surface area contributed by atoms with Crippen LogP contribution in [0, 0.1) is 0 Å². The van der Waals surface area contributed by atoms with Crippen molar-refractivity contribution in [1.82, 2.24) is 5.32 Å². The first kappa shape index (κ1) is 32.0. The van der Waals surface area contributed by atoms with Crippen LogP contribution in [-0.4, -0.2) is 52.7 Å². The second-order valence-electron chi connectivity index (χ2n) is 10.2. The number of aliphatic hydroxyl groups excluding tert-OH is 2. The summed E-state index contributed by atoms with van der Waals surface area (Å²) in [6, 6.07) is 21.2. The number of phenols is 1. The van der Waals surface area contributed by atoms with E-state index in [-0.39, 0.29) is 12.4 Å². The Labute approximate surface area is 243 Å². The third kappa shape index (κ3) is 11.9. The van der Waals surface area contributed by atoms with Gasteiger partial charge in [-0.05, 0) is 90.7 Å². The minimum atomic E-state index is -0.953. The molecule has 0 fully saturated rings. The Morgan fingerprint density at radius 1 is 0.878 bits per heavy atom. The number of aromatic hydroxyl groups is 1. The largest absolute Gasteiger partial charge is 0.508 e. The Morgan fingerprint density at radius 2 is 1.61 bits per heavy atom. The van der Waals surface area contributed by atoms with E-state index in [1.165, 1.54) is 11.6 Å². The number of hydrogen-bond acceptors (Lipinski definition) is 6. The molecule has 0 aromatic heterocycles. The van der Waals surface area contributed by atoms with Gasteiger partial charge in [-0.2, -0.15) is 0 Å². The fraction of sp³-hybridized carbons (Fsp3) is 0.382. The van der Waals surface area contributed by atoms with Crippen molar-refractivity contribution in [3.05, 3.63) is 95.1 Å². The number of benzene rings is 3. The molecule has 3 rings (SSSR count). The Bertz CT molecular complexity index is 1240. The first-order chi connectivity index (χ1) is 20.0. The van der Waals surface area contributed by atoms with Crippen molar-refractivity contribution < 1.29 is 30.0 Å². The summed E-state index contributed by atoms with van der Waals surface area (Å²) in [5, 5.41) is 41.3. The highest BCUT2D eigenvalue weighted by molar-refractivity contribution is 5.85. The molecule has 0 amide bonds. The number of carbonyl (C=O) groups is 1. The van der Waals surface area contributed by atoms with E-state index in [2.05, 4.69) is 29.6 Å². The van der Waals surface area contributed by atoms with Crippen molar-refractivity contribution in [2.45, 2.75) is 57.7 Å². The van der Waals surface area contributed by atoms with Gasteiger partial charge in [-0.3, -0.25) is 0 Å². The van der Waals surface area contributed by atoms with Crippen molar-refractivity contribution >= 4 is 12.0 Å². The zero-order valence-electron chi connectivity index (χ0n) is 23.7. The molecule has 0 spiro atoms. The Hall–Kier alpha value is -3.49. The van der Waals surface area contributed by atoms with Crippen LogP contribution in [0.1, 0.15) is 66.9 Å². The SMILES string of the molecule is O=C(O)/C=C/c1cccc(-c2cccc(CCCCOCCCCCCNC[C@H](O)c3ccc(O)c(CO)c3)c2)c1. The van der Waals surface area contributed by atoms with Gasteiger partial charge < -0.3 is 30.5 Å². The number of aliphatic carboxylic acids is 1. The molecule has 41 heavy (non-hydrogen) atoms. The van der Waals surface area contributed by atoms with Crippen molar-refractivity contribution in [3.8, 4) is 16.9 Å². The second-order valence-corrected chi connectivity index (χ2v) is 10.2. The van der Waals surface area contributed by atoms with Gasteiger partial charge in [0.15, 0.2) is 0 Å². The molecule has 220 valence electrons. The first-order valence-corrected chi connectivity index (χ1v) is 14.5. The zero-order chi connectivity index (χ0) is 29.3. The molecule has 1 atom stereocenters. The maximum atomic E-state index is 10.8. The average Bonchev–Trinajstić information content (AvgIpc) is 2.98. The fourth-order valence-corrected chi connectivity index (χ4v) is 4.63. The molecule has 5 N–H and O–H groups in total. The number of aliphatic hydroxyl groups is 2. The summed E-state index contributed by atoms with van der Waals surface area (Å²) in [7, 11) is 0. The van der Waals surface area contributed by atoms with E-state index in [4.69, 9.17) is 9.84 Å². The van der Waals surface area contributed by atoms with Crippen LogP contribution in [0.3, 0.4) is 0 Å². The van der Waals surface area contributed by atoms with Crippen LogP contribution in [0.5, 0.6) is 5.75 Å². The summed E-state index contributed by atoms with van der Waals surface area (Å²) in [6.45, 7) is 2.56. The number of carboxylic acid groups (broad SMARTS) is 1. The third-order valence-corrected chi connectivity index (χ3v) is 6.96. The van der Waals surface area contributed by atoms with Gasteiger partial charge in [0, 0.05) is 31.4 Å². The minimum Gasteiger partial charge on any atom is -0.508 e. The van der Waals surface area contributed by atoms with Crippen molar-refractivity contribution in [2.24, 2.45) is 0 Å². The predicted octanol–water partition coefficient (Wildman–Crippen LogP) is 5.87. The quantitative estimate of drug-likeness (QED) is 0.0917. The number of unbranched alkanes of at least 4 members (excludes halogenated alkanes) is 4. The van der Waals surface area contributed by atoms with Crippen LogP contribution in [0.2, 0.25) is 0 Å². The molecule has 3 aromatic rings. The van der Waals surface area contributed by atoms with Crippen molar-refractivity contribution in [3.63, 3.8) is 0 Å². The summed E-state index contributed by atoms with van der Waals surface area (Å²) >= 11 is 0. The molecular formula is C34H43NO6. The normalized spacial score (nSPS) is 12.1. The Kier molecular flexibility index (Phi) is 14.1. The smallest absolute Gasteiger partial charge is 0.328 e. The van der Waals surface area contributed by atoms with Crippen LogP contribution < -0.4 is 5.32 Å². The monoisotopic (exact) mass is 561 g/mol. The number of nitrogens with one attached hydrogen (secondary N) is 1. The van der Waals surface area contributed by atoms with Gasteiger partial charge >= 0.3 is 5.97 Å². The summed E-state index contributed by atoms with van der Waals surface area (Å²) < 4.78 is 5.82. The maximum Gasteiger partial charge on any atom is 0.328 e. The zero-order valence-corrected chi connectivity index (χ0v) is 23.7. The Morgan fingerprint density at radius 3 is 2.39 bits per heavy atom. The molecular weight excluding hydrogens is 518 g/mol. The number of ether oxygens (including phenoxy) is 1. The number of rotatable bonds is 19. The van der Waals surface area contributed by atoms with Gasteiger partial charge in [0.05, 0.1) is 12.7 Å². The van der Waals surface area contributed by atoms with Gasteiger partial charge in [0.1, 0.15) is 5.75 Å². The lowest BCUT2D eigenvalue weighted by molar-refractivity contribution is -0.131.